The molecule has 1 fully saturated rings. The van der Waals surface area contributed by atoms with Gasteiger partial charge in [0.1, 0.15) is 10.6 Å². The van der Waals surface area contributed by atoms with Crippen LogP contribution in [0.2, 0.25) is 5.02 Å². The van der Waals surface area contributed by atoms with Gasteiger partial charge in [-0.25, -0.2) is 8.42 Å². The Kier molecular flexibility index (Phi) is 5.87. The van der Waals surface area contributed by atoms with Gasteiger partial charge in [0.15, 0.2) is 0 Å². The molecular formula is C16H23ClN6O3S. The summed E-state index contributed by atoms with van der Waals surface area (Å²) in [6.07, 6.45) is 5.77. The molecule has 3 rings (SSSR count). The predicted molar refractivity (Wildman–Crippen MR) is 99.4 cm³/mol. The number of carbonyl (C=O) groups excluding carboxylic acids is 1. The van der Waals surface area contributed by atoms with Crippen LogP contribution in [0.4, 0.5) is 0 Å². The number of amides is 1. The van der Waals surface area contributed by atoms with Gasteiger partial charge in [0.25, 0.3) is 0 Å². The number of carbonyl (C=O) groups is 1. The van der Waals surface area contributed by atoms with E-state index in [1.54, 1.807) is 17.9 Å². The fourth-order valence-electron chi connectivity index (χ4n) is 3.09. The summed E-state index contributed by atoms with van der Waals surface area (Å²) in [5.74, 6) is -0.597. The molecule has 2 aromatic rings. The van der Waals surface area contributed by atoms with Crippen molar-refractivity contribution < 1.29 is 13.2 Å². The van der Waals surface area contributed by atoms with Gasteiger partial charge in [0.05, 0.1) is 23.7 Å². The quantitative estimate of drug-likeness (QED) is 0.759. The average Bonchev–Trinajstić information content (AvgIpc) is 3.25. The molecule has 1 saturated heterocycles. The largest absolute Gasteiger partial charge is 0.350 e. The third kappa shape index (κ3) is 4.33. The summed E-state index contributed by atoms with van der Waals surface area (Å²) in [5.41, 5.74) is 0.600. The number of nitrogens with zero attached hydrogens (tertiary/aromatic N) is 5. The monoisotopic (exact) mass is 414 g/mol. The summed E-state index contributed by atoms with van der Waals surface area (Å²) < 4.78 is 30.0. The topological polar surface area (TPSA) is 102 Å². The zero-order valence-corrected chi connectivity index (χ0v) is 16.9. The molecule has 1 amide bonds. The van der Waals surface area contributed by atoms with Crippen molar-refractivity contribution in [2.45, 2.75) is 37.8 Å². The Balaban J connectivity index is 1.63. The van der Waals surface area contributed by atoms with E-state index in [1.165, 1.54) is 21.4 Å². The summed E-state index contributed by atoms with van der Waals surface area (Å²) in [7, 11) is -1.99. The van der Waals surface area contributed by atoms with Crippen LogP contribution in [0.15, 0.2) is 23.5 Å². The van der Waals surface area contributed by atoms with E-state index < -0.39 is 15.9 Å². The van der Waals surface area contributed by atoms with Crippen LogP contribution in [-0.4, -0.2) is 51.3 Å². The van der Waals surface area contributed by atoms with Crippen LogP contribution in [0.25, 0.3) is 0 Å². The molecule has 27 heavy (non-hydrogen) atoms. The molecule has 0 saturated carbocycles. The Morgan fingerprint density at radius 1 is 1.41 bits per heavy atom. The molecular weight excluding hydrogens is 392 g/mol. The van der Waals surface area contributed by atoms with Gasteiger partial charge in [-0.15, -0.1) is 0 Å². The van der Waals surface area contributed by atoms with E-state index in [9.17, 15) is 13.2 Å². The van der Waals surface area contributed by atoms with Crippen molar-refractivity contribution in [2.24, 2.45) is 13.0 Å². The van der Waals surface area contributed by atoms with Crippen LogP contribution in [0.3, 0.4) is 0 Å². The van der Waals surface area contributed by atoms with Gasteiger partial charge in [-0.05, 0) is 19.8 Å². The van der Waals surface area contributed by atoms with Crippen molar-refractivity contribution in [2.75, 3.05) is 13.1 Å². The fourth-order valence-corrected chi connectivity index (χ4v) is 4.82. The summed E-state index contributed by atoms with van der Waals surface area (Å²) in [6, 6.07) is 0. The molecule has 0 aliphatic carbocycles. The second-order valence-corrected chi connectivity index (χ2v) is 8.89. The maximum Gasteiger partial charge on any atom is 0.246 e. The van der Waals surface area contributed by atoms with Crippen LogP contribution >= 0.6 is 11.6 Å². The van der Waals surface area contributed by atoms with E-state index in [-0.39, 0.29) is 23.9 Å². The van der Waals surface area contributed by atoms with Crippen molar-refractivity contribution in [1.82, 2.24) is 29.2 Å². The number of aryl methyl sites for hydroxylation is 2. The molecule has 0 spiro atoms. The molecule has 0 bridgehead atoms. The van der Waals surface area contributed by atoms with Crippen LogP contribution in [-0.2, 0) is 35.0 Å². The minimum Gasteiger partial charge on any atom is -0.350 e. The molecule has 1 atom stereocenters. The minimum atomic E-state index is -3.65. The van der Waals surface area contributed by atoms with Gasteiger partial charge in [0, 0.05) is 39.1 Å². The van der Waals surface area contributed by atoms with Crippen molar-refractivity contribution in [3.63, 3.8) is 0 Å². The first-order valence-corrected chi connectivity index (χ1v) is 10.6. The van der Waals surface area contributed by atoms with Crippen molar-refractivity contribution in [3.05, 3.63) is 29.3 Å². The Morgan fingerprint density at radius 2 is 2.19 bits per heavy atom. The van der Waals surface area contributed by atoms with Crippen molar-refractivity contribution in [1.29, 1.82) is 0 Å². The Hall–Kier alpha value is -1.91. The van der Waals surface area contributed by atoms with Gasteiger partial charge < -0.3 is 5.32 Å². The highest BCUT2D eigenvalue weighted by Crippen LogP contribution is 2.24. The number of rotatable bonds is 6. The highest BCUT2D eigenvalue weighted by atomic mass is 35.5. The first kappa shape index (κ1) is 19.8. The van der Waals surface area contributed by atoms with E-state index in [1.807, 2.05) is 6.92 Å². The van der Waals surface area contributed by atoms with Gasteiger partial charge in [-0.1, -0.05) is 11.6 Å². The number of aromatic nitrogens is 4. The predicted octanol–water partition coefficient (Wildman–Crippen LogP) is 1.01. The van der Waals surface area contributed by atoms with Gasteiger partial charge >= 0.3 is 0 Å². The van der Waals surface area contributed by atoms with E-state index >= 15 is 0 Å². The number of piperidine rings is 1. The van der Waals surface area contributed by atoms with Crippen LogP contribution < -0.4 is 5.32 Å². The zero-order chi connectivity index (χ0) is 19.6. The molecule has 0 radical (unpaired) electrons. The molecule has 3 heterocycles. The van der Waals surface area contributed by atoms with Crippen molar-refractivity contribution in [3.8, 4) is 0 Å². The SMILES string of the molecule is CCn1cc(Cl)c(CNC(=O)[C@H]2CCCN(S(=O)(=O)c3cnn(C)c3)C2)n1. The lowest BCUT2D eigenvalue weighted by Gasteiger charge is -2.30. The van der Waals surface area contributed by atoms with Crippen LogP contribution in [0.5, 0.6) is 0 Å². The molecule has 1 aliphatic rings. The van der Waals surface area contributed by atoms with Gasteiger partial charge in [-0.2, -0.15) is 14.5 Å². The first-order valence-electron chi connectivity index (χ1n) is 8.79. The standard InChI is InChI=1S/C16H23ClN6O3S/c1-3-22-11-14(17)15(20-22)8-18-16(24)12-5-4-6-23(9-12)27(25,26)13-7-19-21(2)10-13/h7,10-12H,3-6,8-9H2,1-2H3,(H,18,24)/t12-/m0/s1. The summed E-state index contributed by atoms with van der Waals surface area (Å²) in [4.78, 5) is 12.7. The molecule has 9 nitrogen and oxygen atoms in total. The molecule has 1 N–H and O–H groups in total. The normalized spacial score (nSPS) is 18.6. The number of halogens is 1. The third-order valence-corrected chi connectivity index (χ3v) is 6.75. The fraction of sp³-hybridized carbons (Fsp3) is 0.562. The van der Waals surface area contributed by atoms with Crippen LogP contribution in [0.1, 0.15) is 25.5 Å². The second-order valence-electron chi connectivity index (χ2n) is 6.55. The number of hydrogen-bond acceptors (Lipinski definition) is 5. The molecule has 11 heteroatoms. The van der Waals surface area contributed by atoms with E-state index in [0.29, 0.717) is 36.6 Å². The van der Waals surface area contributed by atoms with E-state index in [4.69, 9.17) is 11.6 Å². The smallest absolute Gasteiger partial charge is 0.246 e. The lowest BCUT2D eigenvalue weighted by molar-refractivity contribution is -0.126. The van der Waals surface area contributed by atoms with E-state index in [2.05, 4.69) is 15.5 Å². The Morgan fingerprint density at radius 3 is 2.81 bits per heavy atom. The maximum atomic E-state index is 12.7. The number of nitrogens with one attached hydrogen (secondary N) is 1. The summed E-state index contributed by atoms with van der Waals surface area (Å²) in [6.45, 7) is 3.41. The average molecular weight is 415 g/mol. The van der Waals surface area contributed by atoms with Gasteiger partial charge in [0.2, 0.25) is 15.9 Å². The highest BCUT2D eigenvalue weighted by molar-refractivity contribution is 7.89. The van der Waals surface area contributed by atoms with Crippen molar-refractivity contribution >= 4 is 27.5 Å². The maximum absolute atomic E-state index is 12.7. The Bertz CT molecular complexity index is 922. The second kappa shape index (κ2) is 7.99. The number of hydrogen-bond donors (Lipinski definition) is 1. The van der Waals surface area contributed by atoms with E-state index in [0.717, 1.165) is 0 Å². The summed E-state index contributed by atoms with van der Waals surface area (Å²) in [5, 5.41) is 11.5. The zero-order valence-electron chi connectivity index (χ0n) is 15.3. The molecule has 2 aromatic heterocycles. The molecule has 0 unspecified atom stereocenters. The molecule has 0 aromatic carbocycles. The summed E-state index contributed by atoms with van der Waals surface area (Å²) >= 11 is 6.12. The molecule has 148 valence electrons. The third-order valence-electron chi connectivity index (χ3n) is 4.62. The minimum absolute atomic E-state index is 0.142. The lowest BCUT2D eigenvalue weighted by atomic mass is 9.99. The first-order chi connectivity index (χ1) is 12.8. The number of sulfonamides is 1. The molecule has 1 aliphatic heterocycles. The lowest BCUT2D eigenvalue weighted by Crippen LogP contribution is -2.45. The Labute approximate surface area is 163 Å². The van der Waals surface area contributed by atoms with Crippen LogP contribution in [0, 0.1) is 5.92 Å². The van der Waals surface area contributed by atoms with Gasteiger partial charge in [-0.3, -0.25) is 14.2 Å². The highest BCUT2D eigenvalue weighted by Gasteiger charge is 2.34.